The van der Waals surface area contributed by atoms with Crippen LogP contribution in [0.25, 0.3) is 10.9 Å². The van der Waals surface area contributed by atoms with Gasteiger partial charge >= 0.3 is 5.88 Å². The summed E-state index contributed by atoms with van der Waals surface area (Å²) in [5.41, 5.74) is 5.96. The first kappa shape index (κ1) is 23.0. The van der Waals surface area contributed by atoms with Gasteiger partial charge in [-0.25, -0.2) is 10.3 Å². The molecule has 1 N–H and O–H groups in total. The Labute approximate surface area is 210 Å². The monoisotopic (exact) mass is 485 g/mol. The Kier molecular flexibility index (Phi) is 5.72. The van der Waals surface area contributed by atoms with Crippen molar-refractivity contribution in [2.75, 3.05) is 13.2 Å². The summed E-state index contributed by atoms with van der Waals surface area (Å²) in [5.74, 6) is 2.99. The van der Waals surface area contributed by atoms with Crippen molar-refractivity contribution in [2.24, 2.45) is 10.9 Å². The zero-order valence-corrected chi connectivity index (χ0v) is 20.7. The zero-order valence-electron chi connectivity index (χ0n) is 20.7. The lowest BCUT2D eigenvalue weighted by Crippen LogP contribution is -2.37. The molecule has 2 aliphatic heterocycles. The van der Waals surface area contributed by atoms with E-state index in [1.807, 2.05) is 18.2 Å². The molecule has 6 rings (SSSR count). The van der Waals surface area contributed by atoms with E-state index in [2.05, 4.69) is 71.5 Å². The Morgan fingerprint density at radius 3 is 2.81 bits per heavy atom. The van der Waals surface area contributed by atoms with Gasteiger partial charge in [0.2, 0.25) is 0 Å². The van der Waals surface area contributed by atoms with Gasteiger partial charge in [0, 0.05) is 24.2 Å². The first-order valence-corrected chi connectivity index (χ1v) is 12.6. The lowest BCUT2D eigenvalue weighted by Gasteiger charge is -2.35. The van der Waals surface area contributed by atoms with Gasteiger partial charge in [-0.2, -0.15) is 4.99 Å². The van der Waals surface area contributed by atoms with Gasteiger partial charge < -0.3 is 18.9 Å². The van der Waals surface area contributed by atoms with Gasteiger partial charge in [-0.1, -0.05) is 36.4 Å². The van der Waals surface area contributed by atoms with Crippen LogP contribution in [0.3, 0.4) is 0 Å². The smallest absolute Gasteiger partial charge is 0.332 e. The Bertz CT molecular complexity index is 1360. The number of benzene rings is 2. The van der Waals surface area contributed by atoms with Gasteiger partial charge in [-0.3, -0.25) is 0 Å². The molecule has 3 heterocycles. The third-order valence-electron chi connectivity index (χ3n) is 7.77. The molecule has 1 saturated carbocycles. The van der Waals surface area contributed by atoms with Crippen molar-refractivity contribution in [3.63, 3.8) is 0 Å². The summed E-state index contributed by atoms with van der Waals surface area (Å²) in [4.78, 5) is 20.8. The number of nitrogens with one attached hydrogen (secondary N) is 1. The number of rotatable bonds is 7. The minimum atomic E-state index is -0.459. The molecule has 2 fully saturated rings. The highest BCUT2D eigenvalue weighted by Crippen LogP contribution is 2.53. The van der Waals surface area contributed by atoms with Crippen LogP contribution in [-0.4, -0.2) is 35.2 Å². The lowest BCUT2D eigenvalue weighted by atomic mass is 9.83. The molecule has 36 heavy (non-hydrogen) atoms. The van der Waals surface area contributed by atoms with Crippen molar-refractivity contribution in [2.45, 2.75) is 56.8 Å². The van der Waals surface area contributed by atoms with E-state index in [-0.39, 0.29) is 17.4 Å². The van der Waals surface area contributed by atoms with E-state index in [9.17, 15) is 4.79 Å². The summed E-state index contributed by atoms with van der Waals surface area (Å²) < 4.78 is 14.3. The molecule has 0 amide bonds. The van der Waals surface area contributed by atoms with Crippen molar-refractivity contribution in [1.82, 2.24) is 10.0 Å². The molecule has 2 aromatic carbocycles. The van der Waals surface area contributed by atoms with Crippen molar-refractivity contribution in [1.29, 1.82) is 0 Å². The molecule has 1 aromatic heterocycles. The van der Waals surface area contributed by atoms with Crippen LogP contribution in [-0.2, 0) is 31.3 Å². The maximum Gasteiger partial charge on any atom is 0.332 e. The Balaban J connectivity index is 1.28. The number of fused-ring (bicyclic) bond motifs is 1. The fourth-order valence-corrected chi connectivity index (χ4v) is 5.86. The SMILES string of the molecule is CC1(C)C[C@@H](c2ccc3c(ccn3[C@@]3(C4=NC(=C=O)ON4)C[C@@H]3COCc3ccccc3)c2)CCO1. The molecule has 0 unspecified atom stereocenters. The number of hydroxylamine groups is 1. The van der Waals surface area contributed by atoms with Crippen molar-refractivity contribution in [3.8, 4) is 0 Å². The third kappa shape index (κ3) is 4.13. The van der Waals surface area contributed by atoms with E-state index in [0.29, 0.717) is 25.0 Å². The van der Waals surface area contributed by atoms with E-state index in [1.54, 1.807) is 5.94 Å². The number of ether oxygens (including phenoxy) is 2. The molecule has 3 aromatic rings. The van der Waals surface area contributed by atoms with Gasteiger partial charge in [0.15, 0.2) is 11.8 Å². The number of aliphatic imine (C=N–C) groups is 1. The number of amidine groups is 1. The van der Waals surface area contributed by atoms with Crippen molar-refractivity contribution >= 4 is 22.7 Å². The molecule has 3 atom stereocenters. The topological polar surface area (TPSA) is 74.1 Å². The van der Waals surface area contributed by atoms with E-state index in [4.69, 9.17) is 14.3 Å². The highest BCUT2D eigenvalue weighted by Gasteiger charge is 2.61. The van der Waals surface area contributed by atoms with Crippen LogP contribution >= 0.6 is 0 Å². The Hall–Kier alpha value is -3.38. The minimum absolute atomic E-state index is 0.0684. The standard InChI is InChI=1S/C29H31N3O4/c1-28(2)15-23(11-13-35-28)21-8-9-25-22(14-21)10-12-32(25)29(27-30-26(17-33)36-31-27)16-24(29)19-34-18-20-6-4-3-5-7-20/h3-10,12,14,23-24H,11,13,15-16,18-19H2,1-2H3,(H,30,31)/t23-,24+,29-/m0/s1. The van der Waals surface area contributed by atoms with Crippen LogP contribution in [0.1, 0.15) is 50.2 Å². The largest absolute Gasteiger partial charge is 0.376 e. The van der Waals surface area contributed by atoms with Gasteiger partial charge in [0.1, 0.15) is 5.54 Å². The molecule has 7 heteroatoms. The molecule has 1 aliphatic carbocycles. The van der Waals surface area contributed by atoms with Crippen LogP contribution in [0.4, 0.5) is 0 Å². The fourth-order valence-electron chi connectivity index (χ4n) is 5.86. The molecular weight excluding hydrogens is 454 g/mol. The minimum Gasteiger partial charge on any atom is -0.376 e. The fraction of sp³-hybridized carbons (Fsp3) is 0.414. The summed E-state index contributed by atoms with van der Waals surface area (Å²) in [7, 11) is 0. The third-order valence-corrected chi connectivity index (χ3v) is 7.77. The number of carbonyl (C=O) groups excluding carboxylic acids is 1. The first-order valence-electron chi connectivity index (χ1n) is 12.6. The van der Waals surface area contributed by atoms with Crippen LogP contribution < -0.4 is 5.48 Å². The normalized spacial score (nSPS) is 26.7. The molecule has 3 aliphatic rings. The second kappa shape index (κ2) is 8.93. The Morgan fingerprint density at radius 1 is 1.17 bits per heavy atom. The zero-order chi connectivity index (χ0) is 24.8. The highest BCUT2D eigenvalue weighted by atomic mass is 16.7. The van der Waals surface area contributed by atoms with E-state index < -0.39 is 5.54 Å². The van der Waals surface area contributed by atoms with Crippen LogP contribution in [0.2, 0.25) is 0 Å². The van der Waals surface area contributed by atoms with Crippen LogP contribution in [0, 0.1) is 5.92 Å². The average Bonchev–Trinajstić information content (AvgIpc) is 3.21. The average molecular weight is 486 g/mol. The summed E-state index contributed by atoms with van der Waals surface area (Å²) in [6.07, 6.45) is 5.01. The molecule has 0 bridgehead atoms. The number of nitrogens with zero attached hydrogens (tertiary/aromatic N) is 2. The number of hydrogen-bond acceptors (Lipinski definition) is 6. The quantitative estimate of drug-likeness (QED) is 0.484. The van der Waals surface area contributed by atoms with Gasteiger partial charge in [-0.05, 0) is 73.7 Å². The number of aromatic nitrogens is 1. The van der Waals surface area contributed by atoms with Gasteiger partial charge in [0.25, 0.3) is 0 Å². The predicted octanol–water partition coefficient (Wildman–Crippen LogP) is 4.85. The molecule has 1 saturated heterocycles. The van der Waals surface area contributed by atoms with Gasteiger partial charge in [0.05, 0.1) is 18.8 Å². The summed E-state index contributed by atoms with van der Waals surface area (Å²) in [5, 5.41) is 1.19. The van der Waals surface area contributed by atoms with Crippen molar-refractivity contribution < 1.29 is 19.1 Å². The summed E-state index contributed by atoms with van der Waals surface area (Å²) in [6, 6.07) is 19.1. The molecule has 0 radical (unpaired) electrons. The number of hydrogen-bond donors (Lipinski definition) is 1. The highest BCUT2D eigenvalue weighted by molar-refractivity contribution is 5.97. The molecular formula is C29H31N3O4. The van der Waals surface area contributed by atoms with Crippen LogP contribution in [0.15, 0.2) is 71.7 Å². The summed E-state index contributed by atoms with van der Waals surface area (Å²) >= 11 is 0. The van der Waals surface area contributed by atoms with E-state index in [0.717, 1.165) is 36.9 Å². The van der Waals surface area contributed by atoms with E-state index in [1.165, 1.54) is 10.9 Å². The predicted molar refractivity (Wildman–Crippen MR) is 137 cm³/mol. The second-order valence-electron chi connectivity index (χ2n) is 10.7. The first-order chi connectivity index (χ1) is 17.5. The molecule has 7 nitrogen and oxygen atoms in total. The van der Waals surface area contributed by atoms with Crippen molar-refractivity contribution in [3.05, 3.63) is 77.8 Å². The molecule has 186 valence electrons. The van der Waals surface area contributed by atoms with E-state index >= 15 is 0 Å². The maximum absolute atomic E-state index is 11.2. The van der Waals surface area contributed by atoms with Gasteiger partial charge in [-0.15, -0.1) is 0 Å². The van der Waals surface area contributed by atoms with Crippen LogP contribution in [0.5, 0.6) is 0 Å². The maximum atomic E-state index is 11.2. The Morgan fingerprint density at radius 2 is 2.03 bits per heavy atom. The summed E-state index contributed by atoms with van der Waals surface area (Å²) in [6.45, 7) is 6.27. The lowest BCUT2D eigenvalue weighted by molar-refractivity contribution is -0.0592. The molecule has 0 spiro atoms. The second-order valence-corrected chi connectivity index (χ2v) is 10.7.